The maximum absolute atomic E-state index is 13.7. The van der Waals surface area contributed by atoms with Gasteiger partial charge in [-0.25, -0.2) is 8.78 Å². The lowest BCUT2D eigenvalue weighted by Gasteiger charge is -2.40. The molecule has 2 N–H and O–H groups in total. The first kappa shape index (κ1) is 15.7. The number of thioether (sulfide) groups is 1. The number of nitrogens with two attached hydrogens (primary N) is 1. The molecule has 0 radical (unpaired) electrons. The van der Waals surface area contributed by atoms with Gasteiger partial charge < -0.3 is 5.73 Å². The summed E-state index contributed by atoms with van der Waals surface area (Å²) >= 11 is 6.85. The summed E-state index contributed by atoms with van der Waals surface area (Å²) in [6.45, 7) is 1.99. The van der Waals surface area contributed by atoms with Gasteiger partial charge in [-0.1, -0.05) is 24.4 Å². The van der Waals surface area contributed by atoms with Crippen molar-refractivity contribution in [3.63, 3.8) is 0 Å². The predicted octanol–water partition coefficient (Wildman–Crippen LogP) is 2.95. The van der Waals surface area contributed by atoms with Gasteiger partial charge in [-0.3, -0.25) is 4.90 Å². The molecule has 110 valence electrons. The smallest absolute Gasteiger partial charge is 0.163 e. The Morgan fingerprint density at radius 1 is 1.40 bits per heavy atom. The van der Waals surface area contributed by atoms with Crippen LogP contribution in [0.1, 0.15) is 18.4 Å². The normalized spacial score (nSPS) is 18.9. The zero-order valence-corrected chi connectivity index (χ0v) is 13.0. The van der Waals surface area contributed by atoms with Crippen molar-refractivity contribution in [2.75, 3.05) is 19.3 Å². The molecule has 1 heterocycles. The van der Waals surface area contributed by atoms with Gasteiger partial charge in [-0.15, -0.1) is 0 Å². The molecular formula is C14H18F2N2S2. The quantitative estimate of drug-likeness (QED) is 0.865. The Kier molecular flexibility index (Phi) is 4.99. The average Bonchev–Trinajstić information content (AvgIpc) is 2.44. The van der Waals surface area contributed by atoms with Crippen LogP contribution in [0.2, 0.25) is 0 Å². The Hall–Kier alpha value is -0.720. The highest BCUT2D eigenvalue weighted by Crippen LogP contribution is 2.35. The number of likely N-dealkylation sites (tertiary alicyclic amines) is 1. The third-order valence-electron chi connectivity index (χ3n) is 3.93. The van der Waals surface area contributed by atoms with Crippen molar-refractivity contribution < 1.29 is 8.78 Å². The molecular weight excluding hydrogens is 298 g/mol. The zero-order valence-electron chi connectivity index (χ0n) is 11.4. The monoisotopic (exact) mass is 316 g/mol. The molecule has 0 atom stereocenters. The maximum Gasteiger partial charge on any atom is 0.163 e. The number of halogens is 2. The molecule has 0 aromatic heterocycles. The van der Waals surface area contributed by atoms with E-state index in [1.54, 1.807) is 23.9 Å². The van der Waals surface area contributed by atoms with Crippen LogP contribution in [0.5, 0.6) is 0 Å². The van der Waals surface area contributed by atoms with Crippen molar-refractivity contribution in [2.24, 2.45) is 5.73 Å². The topological polar surface area (TPSA) is 29.3 Å². The Balaban J connectivity index is 2.01. The number of hydrogen-bond acceptors (Lipinski definition) is 3. The molecule has 20 heavy (non-hydrogen) atoms. The SMILES string of the molecule is CSC1(C(N)=S)CCN(Cc2cccc(F)c2F)CC1. The largest absolute Gasteiger partial charge is 0.392 e. The highest BCUT2D eigenvalue weighted by atomic mass is 32.2. The van der Waals surface area contributed by atoms with E-state index in [-0.39, 0.29) is 4.75 Å². The standard InChI is InChI=1S/C14H18F2N2S2/c1-20-14(13(17)19)5-7-18(8-6-14)9-10-3-2-4-11(15)12(10)16/h2-4H,5-9H2,1H3,(H2,17,19). The molecule has 1 aliphatic rings. The van der Waals surface area contributed by atoms with E-state index in [2.05, 4.69) is 4.90 Å². The van der Waals surface area contributed by atoms with Crippen molar-refractivity contribution in [2.45, 2.75) is 24.1 Å². The van der Waals surface area contributed by atoms with Crippen LogP contribution in [-0.4, -0.2) is 34.0 Å². The van der Waals surface area contributed by atoms with Crippen molar-refractivity contribution in [3.05, 3.63) is 35.4 Å². The molecule has 1 saturated heterocycles. The lowest BCUT2D eigenvalue weighted by molar-refractivity contribution is 0.209. The first-order chi connectivity index (χ1) is 9.48. The number of piperidine rings is 1. The van der Waals surface area contributed by atoms with E-state index in [1.807, 2.05) is 6.26 Å². The minimum Gasteiger partial charge on any atom is -0.392 e. The minimum absolute atomic E-state index is 0.147. The highest BCUT2D eigenvalue weighted by Gasteiger charge is 2.36. The Morgan fingerprint density at radius 2 is 2.05 bits per heavy atom. The fourth-order valence-electron chi connectivity index (χ4n) is 2.53. The van der Waals surface area contributed by atoms with Crippen molar-refractivity contribution in [1.82, 2.24) is 4.90 Å². The molecule has 0 amide bonds. The summed E-state index contributed by atoms with van der Waals surface area (Å²) in [6.07, 6.45) is 3.71. The number of hydrogen-bond donors (Lipinski definition) is 1. The van der Waals surface area contributed by atoms with Gasteiger partial charge in [0.15, 0.2) is 11.6 Å². The lowest BCUT2D eigenvalue weighted by atomic mass is 9.95. The van der Waals surface area contributed by atoms with Gasteiger partial charge in [0.1, 0.15) is 0 Å². The second kappa shape index (κ2) is 6.37. The second-order valence-electron chi connectivity index (χ2n) is 5.05. The minimum atomic E-state index is -0.791. The molecule has 1 aromatic rings. The second-order valence-corrected chi connectivity index (χ2v) is 6.68. The van der Waals surface area contributed by atoms with Gasteiger partial charge in [-0.05, 0) is 25.2 Å². The summed E-state index contributed by atoms with van der Waals surface area (Å²) in [6, 6.07) is 4.31. The first-order valence-corrected chi connectivity index (χ1v) is 8.12. The van der Waals surface area contributed by atoms with E-state index in [0.29, 0.717) is 17.1 Å². The molecule has 2 rings (SSSR count). The molecule has 1 fully saturated rings. The van der Waals surface area contributed by atoms with Gasteiger partial charge >= 0.3 is 0 Å². The molecule has 2 nitrogen and oxygen atoms in total. The predicted molar refractivity (Wildman–Crippen MR) is 83.9 cm³/mol. The molecule has 0 aliphatic carbocycles. The number of benzene rings is 1. The molecule has 0 spiro atoms. The van der Waals surface area contributed by atoms with E-state index in [4.69, 9.17) is 18.0 Å². The molecule has 1 aromatic carbocycles. The Morgan fingerprint density at radius 3 is 2.60 bits per heavy atom. The van der Waals surface area contributed by atoms with Crippen LogP contribution in [0, 0.1) is 11.6 Å². The summed E-state index contributed by atoms with van der Waals surface area (Å²) in [7, 11) is 0. The third-order valence-corrected chi connectivity index (χ3v) is 5.86. The van der Waals surface area contributed by atoms with Gasteiger partial charge in [-0.2, -0.15) is 11.8 Å². The van der Waals surface area contributed by atoms with E-state index in [9.17, 15) is 8.78 Å². The van der Waals surface area contributed by atoms with Crippen LogP contribution >= 0.6 is 24.0 Å². The zero-order chi connectivity index (χ0) is 14.8. The molecule has 0 bridgehead atoms. The molecule has 0 unspecified atom stereocenters. The highest BCUT2D eigenvalue weighted by molar-refractivity contribution is 8.02. The first-order valence-electron chi connectivity index (χ1n) is 6.49. The molecule has 6 heteroatoms. The van der Waals surface area contributed by atoms with Crippen LogP contribution in [0.25, 0.3) is 0 Å². The van der Waals surface area contributed by atoms with Gasteiger partial charge in [0.25, 0.3) is 0 Å². The summed E-state index contributed by atoms with van der Waals surface area (Å²) in [5.41, 5.74) is 6.24. The number of thiocarbonyl (C=S) groups is 1. The maximum atomic E-state index is 13.7. The van der Waals surface area contributed by atoms with E-state index in [0.717, 1.165) is 32.0 Å². The summed E-state index contributed by atoms with van der Waals surface area (Å²) in [4.78, 5) is 2.66. The third kappa shape index (κ3) is 3.13. The van der Waals surface area contributed by atoms with Crippen LogP contribution in [-0.2, 0) is 6.54 Å². The van der Waals surface area contributed by atoms with E-state index in [1.165, 1.54) is 0 Å². The van der Waals surface area contributed by atoms with E-state index >= 15 is 0 Å². The average molecular weight is 316 g/mol. The Labute approximate surface area is 127 Å². The fourth-order valence-corrected chi connectivity index (χ4v) is 3.78. The Bertz CT molecular complexity index is 500. The van der Waals surface area contributed by atoms with Crippen LogP contribution in [0.3, 0.4) is 0 Å². The number of nitrogens with zero attached hydrogens (tertiary/aromatic N) is 1. The lowest BCUT2D eigenvalue weighted by Crippen LogP contribution is -2.49. The van der Waals surface area contributed by atoms with Crippen molar-refractivity contribution in [1.29, 1.82) is 0 Å². The summed E-state index contributed by atoms with van der Waals surface area (Å²) in [5.74, 6) is -1.54. The van der Waals surface area contributed by atoms with Crippen molar-refractivity contribution >= 4 is 29.0 Å². The fraction of sp³-hybridized carbons (Fsp3) is 0.500. The van der Waals surface area contributed by atoms with Gasteiger partial charge in [0, 0.05) is 25.2 Å². The van der Waals surface area contributed by atoms with Crippen molar-refractivity contribution in [3.8, 4) is 0 Å². The molecule has 0 saturated carbocycles. The van der Waals surface area contributed by atoms with Crippen LogP contribution in [0.4, 0.5) is 8.78 Å². The summed E-state index contributed by atoms with van der Waals surface area (Å²) in [5, 5.41) is 0. The van der Waals surface area contributed by atoms with Crippen LogP contribution in [0.15, 0.2) is 18.2 Å². The van der Waals surface area contributed by atoms with E-state index < -0.39 is 11.6 Å². The number of rotatable bonds is 4. The van der Waals surface area contributed by atoms with Gasteiger partial charge in [0.05, 0.1) is 9.74 Å². The molecule has 1 aliphatic heterocycles. The summed E-state index contributed by atoms with van der Waals surface area (Å²) < 4.78 is 26.7. The van der Waals surface area contributed by atoms with Crippen LogP contribution < -0.4 is 5.73 Å². The van der Waals surface area contributed by atoms with Gasteiger partial charge in [0.2, 0.25) is 0 Å².